The number of nitrogens with one attached hydrogen (secondary N) is 1. The molecule has 9 nitrogen and oxygen atoms in total. The number of para-hydroxylation sites is 1. The Bertz CT molecular complexity index is 1560. The van der Waals surface area contributed by atoms with E-state index in [-0.39, 0.29) is 0 Å². The van der Waals surface area contributed by atoms with E-state index in [1.807, 2.05) is 49.5 Å². The molecule has 0 aliphatic carbocycles. The van der Waals surface area contributed by atoms with E-state index >= 15 is 0 Å². The monoisotopic (exact) mass is 628 g/mol. The van der Waals surface area contributed by atoms with Crippen molar-refractivity contribution in [1.82, 2.24) is 18.8 Å². The number of fused-ring (bicyclic) bond motifs is 1. The Morgan fingerprint density at radius 3 is 2.60 bits per heavy atom. The van der Waals surface area contributed by atoms with Crippen LogP contribution in [0.25, 0.3) is 22.2 Å². The van der Waals surface area contributed by atoms with Crippen LogP contribution >= 0.6 is 23.2 Å². The summed E-state index contributed by atoms with van der Waals surface area (Å²) < 4.78 is 25.8. The van der Waals surface area contributed by atoms with Gasteiger partial charge in [-0.15, -0.1) is 0 Å². The van der Waals surface area contributed by atoms with E-state index in [0.29, 0.717) is 44.9 Å². The molecular formula is C30H34Cl2N6O3S. The van der Waals surface area contributed by atoms with Crippen LogP contribution in [0.1, 0.15) is 19.8 Å². The maximum absolute atomic E-state index is 12.8. The fourth-order valence-electron chi connectivity index (χ4n) is 5.85. The van der Waals surface area contributed by atoms with Gasteiger partial charge in [-0.1, -0.05) is 41.4 Å². The van der Waals surface area contributed by atoms with Crippen molar-refractivity contribution in [2.45, 2.75) is 25.8 Å². The summed E-state index contributed by atoms with van der Waals surface area (Å²) in [5.74, 6) is 1.47. The lowest BCUT2D eigenvalue weighted by Crippen LogP contribution is -2.49. The molecule has 222 valence electrons. The predicted molar refractivity (Wildman–Crippen MR) is 171 cm³/mol. The summed E-state index contributed by atoms with van der Waals surface area (Å²) in [4.78, 5) is 14.1. The predicted octanol–water partition coefficient (Wildman–Crippen LogP) is 5.99. The molecule has 42 heavy (non-hydrogen) atoms. The zero-order valence-corrected chi connectivity index (χ0v) is 26.0. The standard InChI is InChI=1S/C30H34Cl2N6O3S/c1-3-42(39)38-19-22(21-6-4-5-7-26(21)38)29-24(32)18-33-30(35-29)34-25-16-23(31)27(17-28(25)40-2)37-10-8-20(9-11-37)36-12-14-41-15-13-36/h4-7,16-20H,3,8-15H2,1-2H3,(H,33,34,35). The molecule has 0 radical (unpaired) electrons. The number of hydrogen-bond acceptors (Lipinski definition) is 8. The fourth-order valence-corrected chi connectivity index (χ4v) is 7.20. The summed E-state index contributed by atoms with van der Waals surface area (Å²) in [7, 11) is 1.64. The van der Waals surface area contributed by atoms with Crippen LogP contribution in [-0.4, -0.2) is 81.7 Å². The number of rotatable bonds is 8. The van der Waals surface area contributed by atoms with E-state index < -0.39 is 11.4 Å². The summed E-state index contributed by atoms with van der Waals surface area (Å²) in [5, 5.41) is 5.21. The third-order valence-electron chi connectivity index (χ3n) is 8.03. The average molecular weight is 630 g/mol. The highest BCUT2D eigenvalue weighted by atomic mass is 35.5. The van der Waals surface area contributed by atoms with Crippen LogP contribution in [0, 0.1) is 0 Å². The summed E-state index contributed by atoms with van der Waals surface area (Å²) in [6.07, 6.45) is 5.58. The minimum absolute atomic E-state index is 0.344. The third kappa shape index (κ3) is 5.89. The fraction of sp³-hybridized carbons (Fsp3) is 0.400. The van der Waals surface area contributed by atoms with Gasteiger partial charge in [0.1, 0.15) is 11.5 Å². The van der Waals surface area contributed by atoms with Crippen molar-refractivity contribution in [2.24, 2.45) is 0 Å². The second-order valence-electron chi connectivity index (χ2n) is 10.4. The number of morpholine rings is 1. The van der Waals surface area contributed by atoms with Crippen molar-refractivity contribution in [2.75, 3.05) is 62.5 Å². The van der Waals surface area contributed by atoms with Gasteiger partial charge in [0.2, 0.25) is 5.95 Å². The highest BCUT2D eigenvalue weighted by molar-refractivity contribution is 7.90. The number of halogens is 2. The number of methoxy groups -OCH3 is 1. The first-order chi connectivity index (χ1) is 20.5. The molecule has 2 aliphatic rings. The molecule has 2 aromatic heterocycles. The van der Waals surface area contributed by atoms with Crippen molar-refractivity contribution < 1.29 is 14.0 Å². The highest BCUT2D eigenvalue weighted by Gasteiger charge is 2.27. The van der Waals surface area contributed by atoms with E-state index in [9.17, 15) is 4.55 Å². The lowest BCUT2D eigenvalue weighted by molar-refractivity contribution is 0.0115. The molecule has 0 bridgehead atoms. The van der Waals surface area contributed by atoms with Crippen LogP contribution in [0.15, 0.2) is 48.8 Å². The van der Waals surface area contributed by atoms with E-state index in [1.165, 1.54) is 0 Å². The highest BCUT2D eigenvalue weighted by Crippen LogP contribution is 2.40. The summed E-state index contributed by atoms with van der Waals surface area (Å²) in [6.45, 7) is 7.40. The molecule has 2 saturated heterocycles. The van der Waals surface area contributed by atoms with Crippen molar-refractivity contribution in [3.8, 4) is 17.0 Å². The normalized spacial score (nSPS) is 17.5. The van der Waals surface area contributed by atoms with Crippen LogP contribution in [0.4, 0.5) is 17.3 Å². The molecule has 0 spiro atoms. The Balaban J connectivity index is 1.25. The van der Waals surface area contributed by atoms with E-state index in [1.54, 1.807) is 17.3 Å². The Morgan fingerprint density at radius 1 is 1.10 bits per heavy atom. The topological polar surface area (TPSA) is 90.7 Å². The third-order valence-corrected chi connectivity index (χ3v) is 9.84. The molecule has 1 N–H and O–H groups in total. The van der Waals surface area contributed by atoms with E-state index in [0.717, 1.165) is 74.4 Å². The number of benzene rings is 2. The van der Waals surface area contributed by atoms with Gasteiger partial charge in [-0.25, -0.2) is 9.97 Å². The smallest absolute Gasteiger partial charge is 0.227 e. The van der Waals surface area contributed by atoms with Crippen LogP contribution in [0.2, 0.25) is 10.0 Å². The van der Waals surface area contributed by atoms with Crippen molar-refractivity contribution in [3.05, 3.63) is 58.8 Å². The molecule has 0 amide bonds. The summed E-state index contributed by atoms with van der Waals surface area (Å²) >= 11 is 12.3. The SMILES string of the molecule is CC[S+]([O-])n1cc(-c2nc(Nc3cc(Cl)c(N4CCC(N5CCOCC5)CC4)cc3OC)ncc2Cl)c2ccccc21. The molecule has 4 heterocycles. The molecule has 2 aliphatic heterocycles. The van der Waals surface area contributed by atoms with E-state index in [4.69, 9.17) is 37.7 Å². The average Bonchev–Trinajstić information content (AvgIpc) is 3.42. The zero-order valence-electron chi connectivity index (χ0n) is 23.7. The summed E-state index contributed by atoms with van der Waals surface area (Å²) in [6, 6.07) is 12.2. The number of anilines is 3. The first kappa shape index (κ1) is 29.3. The first-order valence-corrected chi connectivity index (χ1v) is 16.2. The van der Waals surface area contributed by atoms with Gasteiger partial charge in [0.05, 0.1) is 76.7 Å². The van der Waals surface area contributed by atoms with Gasteiger partial charge in [0.25, 0.3) is 0 Å². The Hall–Kier alpha value is -2.73. The minimum atomic E-state index is -1.20. The molecule has 12 heteroatoms. The van der Waals surface area contributed by atoms with Gasteiger partial charge in [-0.2, -0.15) is 3.97 Å². The quantitative estimate of drug-likeness (QED) is 0.238. The van der Waals surface area contributed by atoms with Crippen molar-refractivity contribution in [1.29, 1.82) is 0 Å². The number of piperidine rings is 1. The van der Waals surface area contributed by atoms with Gasteiger partial charge in [-0.3, -0.25) is 4.90 Å². The Labute approximate surface area is 259 Å². The van der Waals surface area contributed by atoms with Crippen LogP contribution in [0.5, 0.6) is 5.75 Å². The van der Waals surface area contributed by atoms with Gasteiger partial charge in [-0.05, 0) is 31.9 Å². The van der Waals surface area contributed by atoms with Crippen LogP contribution in [0.3, 0.4) is 0 Å². The minimum Gasteiger partial charge on any atom is -0.593 e. The number of nitrogens with zero attached hydrogens (tertiary/aromatic N) is 5. The first-order valence-electron chi connectivity index (χ1n) is 14.2. The number of aromatic nitrogens is 3. The number of ether oxygens (including phenoxy) is 2. The van der Waals surface area contributed by atoms with Crippen LogP contribution in [-0.2, 0) is 16.1 Å². The molecule has 1 unspecified atom stereocenters. The largest absolute Gasteiger partial charge is 0.593 e. The summed E-state index contributed by atoms with van der Waals surface area (Å²) in [5.41, 5.74) is 3.78. The lowest BCUT2D eigenvalue weighted by atomic mass is 10.0. The van der Waals surface area contributed by atoms with Crippen molar-refractivity contribution >= 4 is 62.8 Å². The molecule has 4 aromatic rings. The maximum Gasteiger partial charge on any atom is 0.227 e. The Kier molecular flexibility index (Phi) is 8.99. The molecule has 2 fully saturated rings. The molecule has 2 aromatic carbocycles. The van der Waals surface area contributed by atoms with Crippen LogP contribution < -0.4 is 15.0 Å². The molecule has 0 saturated carbocycles. The maximum atomic E-state index is 12.8. The zero-order chi connectivity index (χ0) is 29.2. The van der Waals surface area contributed by atoms with Gasteiger partial charge < -0.3 is 24.2 Å². The Morgan fingerprint density at radius 2 is 1.86 bits per heavy atom. The molecule has 6 rings (SSSR count). The van der Waals surface area contributed by atoms with Gasteiger partial charge in [0.15, 0.2) is 0 Å². The van der Waals surface area contributed by atoms with E-state index in [2.05, 4.69) is 20.1 Å². The molecular weight excluding hydrogens is 595 g/mol. The second-order valence-corrected chi connectivity index (χ2v) is 12.8. The van der Waals surface area contributed by atoms with Crippen molar-refractivity contribution in [3.63, 3.8) is 0 Å². The van der Waals surface area contributed by atoms with Gasteiger partial charge >= 0.3 is 0 Å². The number of hydrogen-bond donors (Lipinski definition) is 1. The van der Waals surface area contributed by atoms with Gasteiger partial charge in [0, 0.05) is 49.2 Å². The lowest BCUT2D eigenvalue weighted by Gasteiger charge is -2.41. The molecule has 1 atom stereocenters. The second kappa shape index (κ2) is 12.9.